The SMILES string of the molecule is CC1C=CC2=C(C1)c1ccc(N(C3=CC=C4c5ccccc5-c5ccccc5C4C3)c3ccc4c(c3)-c3ccccc3C4(c3ccccc3)c3ccccc3)cc1C2(C)C. The number of fused-ring (bicyclic) bond motifs is 11. The Labute approximate surface area is 354 Å². The molecule has 0 bridgehead atoms. The van der Waals surface area contributed by atoms with Crippen molar-refractivity contribution in [1.29, 1.82) is 0 Å². The van der Waals surface area contributed by atoms with Gasteiger partial charge >= 0.3 is 0 Å². The minimum Gasteiger partial charge on any atom is -0.314 e. The first kappa shape index (κ1) is 35.3. The Kier molecular flexibility index (Phi) is 7.73. The molecule has 1 heteroatoms. The van der Waals surface area contributed by atoms with E-state index in [0.717, 1.165) is 12.8 Å². The zero-order chi connectivity index (χ0) is 40.2. The third-order valence-corrected chi connectivity index (χ3v) is 14.5. The van der Waals surface area contributed by atoms with Crippen LogP contribution in [0.2, 0.25) is 0 Å². The van der Waals surface area contributed by atoms with Crippen LogP contribution in [0.4, 0.5) is 11.4 Å². The Morgan fingerprint density at radius 3 is 1.88 bits per heavy atom. The van der Waals surface area contributed by atoms with Crippen molar-refractivity contribution in [3.63, 3.8) is 0 Å². The zero-order valence-electron chi connectivity index (χ0n) is 34.5. The number of benzene rings is 7. The highest BCUT2D eigenvalue weighted by molar-refractivity contribution is 5.94. The molecule has 0 amide bonds. The minimum absolute atomic E-state index is 0.0785. The van der Waals surface area contributed by atoms with E-state index in [4.69, 9.17) is 0 Å². The van der Waals surface area contributed by atoms with Crippen molar-refractivity contribution in [3.8, 4) is 22.3 Å². The molecule has 0 radical (unpaired) electrons. The molecule has 0 spiro atoms. The summed E-state index contributed by atoms with van der Waals surface area (Å²) in [5.74, 6) is 0.802. The molecule has 7 aromatic rings. The van der Waals surface area contributed by atoms with E-state index in [9.17, 15) is 0 Å². The summed E-state index contributed by atoms with van der Waals surface area (Å²) in [7, 11) is 0. The van der Waals surface area contributed by atoms with Crippen LogP contribution in [0.15, 0.2) is 205 Å². The maximum absolute atomic E-state index is 2.59. The topological polar surface area (TPSA) is 3.24 Å². The van der Waals surface area contributed by atoms with Gasteiger partial charge < -0.3 is 4.90 Å². The van der Waals surface area contributed by atoms with E-state index in [1.54, 1.807) is 0 Å². The van der Waals surface area contributed by atoms with Gasteiger partial charge in [0.05, 0.1) is 5.41 Å². The fourth-order valence-corrected chi connectivity index (χ4v) is 11.8. The van der Waals surface area contributed by atoms with Crippen LogP contribution < -0.4 is 4.90 Å². The summed E-state index contributed by atoms with van der Waals surface area (Å²) in [6.07, 6.45) is 11.7. The minimum atomic E-state index is -0.439. The first-order chi connectivity index (χ1) is 29.4. The first-order valence-electron chi connectivity index (χ1n) is 21.7. The number of hydrogen-bond donors (Lipinski definition) is 0. The number of nitrogens with zero attached hydrogens (tertiary/aromatic N) is 1. The molecule has 0 aromatic heterocycles. The van der Waals surface area contributed by atoms with E-state index in [1.165, 1.54) is 101 Å². The highest BCUT2D eigenvalue weighted by atomic mass is 15.1. The van der Waals surface area contributed by atoms with Crippen LogP contribution in [0.1, 0.15) is 84.0 Å². The van der Waals surface area contributed by atoms with Crippen LogP contribution >= 0.6 is 0 Å². The van der Waals surface area contributed by atoms with Crippen LogP contribution in [0, 0.1) is 5.92 Å². The molecule has 0 fully saturated rings. The van der Waals surface area contributed by atoms with E-state index in [0.29, 0.717) is 5.92 Å². The fourth-order valence-electron chi connectivity index (χ4n) is 11.8. The summed E-state index contributed by atoms with van der Waals surface area (Å²) >= 11 is 0. The van der Waals surface area contributed by atoms with Gasteiger partial charge in [-0.05, 0) is 133 Å². The number of allylic oxidation sites excluding steroid dienone is 8. The lowest BCUT2D eigenvalue weighted by atomic mass is 9.68. The quantitative estimate of drug-likeness (QED) is 0.169. The highest BCUT2D eigenvalue weighted by Crippen LogP contribution is 2.59. The van der Waals surface area contributed by atoms with E-state index < -0.39 is 5.41 Å². The van der Waals surface area contributed by atoms with E-state index >= 15 is 0 Å². The van der Waals surface area contributed by atoms with Crippen molar-refractivity contribution in [2.75, 3.05) is 4.90 Å². The number of hydrogen-bond acceptors (Lipinski definition) is 1. The second-order valence-corrected chi connectivity index (χ2v) is 18.1. The second-order valence-electron chi connectivity index (χ2n) is 18.1. The molecule has 5 aliphatic rings. The first-order valence-corrected chi connectivity index (χ1v) is 21.7. The van der Waals surface area contributed by atoms with Gasteiger partial charge in [0.1, 0.15) is 0 Å². The predicted molar refractivity (Wildman–Crippen MR) is 250 cm³/mol. The second kappa shape index (κ2) is 13.2. The lowest BCUT2D eigenvalue weighted by molar-refractivity contribution is 0.643. The molecule has 2 unspecified atom stereocenters. The van der Waals surface area contributed by atoms with Crippen molar-refractivity contribution in [3.05, 3.63) is 250 Å². The van der Waals surface area contributed by atoms with E-state index in [2.05, 4.69) is 220 Å². The molecule has 1 nitrogen and oxygen atoms in total. The van der Waals surface area contributed by atoms with Crippen LogP contribution in [0.5, 0.6) is 0 Å². The van der Waals surface area contributed by atoms with Gasteiger partial charge in [-0.15, -0.1) is 0 Å². The molecular formula is C59H47N. The third-order valence-electron chi connectivity index (χ3n) is 14.5. The fraction of sp³-hybridized carbons (Fsp3) is 0.153. The van der Waals surface area contributed by atoms with Crippen molar-refractivity contribution in [2.45, 2.75) is 50.4 Å². The molecule has 60 heavy (non-hydrogen) atoms. The summed E-state index contributed by atoms with van der Waals surface area (Å²) in [5.41, 5.74) is 23.8. The lowest BCUT2D eigenvalue weighted by Gasteiger charge is -2.38. The summed E-state index contributed by atoms with van der Waals surface area (Å²) in [6, 6.07) is 64.1. The van der Waals surface area contributed by atoms with Crippen molar-refractivity contribution >= 4 is 22.5 Å². The number of anilines is 2. The molecule has 288 valence electrons. The van der Waals surface area contributed by atoms with Gasteiger partial charge in [-0.2, -0.15) is 0 Å². The van der Waals surface area contributed by atoms with Crippen LogP contribution in [0.25, 0.3) is 33.4 Å². The van der Waals surface area contributed by atoms with Gasteiger partial charge in [0.25, 0.3) is 0 Å². The van der Waals surface area contributed by atoms with Crippen LogP contribution in [-0.4, -0.2) is 0 Å². The van der Waals surface area contributed by atoms with Gasteiger partial charge in [-0.1, -0.05) is 185 Å². The lowest BCUT2D eigenvalue weighted by Crippen LogP contribution is -2.28. The molecule has 0 N–H and O–H groups in total. The van der Waals surface area contributed by atoms with Crippen molar-refractivity contribution in [1.82, 2.24) is 0 Å². The van der Waals surface area contributed by atoms with E-state index in [-0.39, 0.29) is 11.3 Å². The summed E-state index contributed by atoms with van der Waals surface area (Å²) < 4.78 is 0. The Hall–Kier alpha value is -6.70. The third kappa shape index (κ3) is 4.93. The number of rotatable bonds is 5. The Balaban J connectivity index is 1.08. The Morgan fingerprint density at radius 2 is 1.12 bits per heavy atom. The van der Waals surface area contributed by atoms with Crippen LogP contribution in [-0.2, 0) is 10.8 Å². The van der Waals surface area contributed by atoms with Gasteiger partial charge in [-0.3, -0.25) is 0 Å². The smallest absolute Gasteiger partial charge is 0.0713 e. The molecule has 12 rings (SSSR count). The summed E-state index contributed by atoms with van der Waals surface area (Å²) in [5, 5.41) is 0. The van der Waals surface area contributed by atoms with Gasteiger partial charge in [0.2, 0.25) is 0 Å². The Bertz CT molecular complexity index is 2990. The largest absolute Gasteiger partial charge is 0.314 e. The normalized spacial score (nSPS) is 19.4. The summed E-state index contributed by atoms with van der Waals surface area (Å²) in [4.78, 5) is 2.59. The highest BCUT2D eigenvalue weighted by Gasteiger charge is 2.46. The maximum atomic E-state index is 2.59. The van der Waals surface area contributed by atoms with Crippen molar-refractivity contribution in [2.24, 2.45) is 5.92 Å². The molecule has 5 aliphatic carbocycles. The molecule has 0 aliphatic heterocycles. The summed E-state index contributed by atoms with van der Waals surface area (Å²) in [6.45, 7) is 7.19. The molecule has 7 aromatic carbocycles. The standard InChI is InChI=1S/C59H47N/c1-38-26-32-54-52(34-38)50-31-28-43(37-57(50)58(54,2)3)60(41-27-30-48-46-22-11-10-20-44(46)45-21-12-13-23-47(45)51(48)35-41)42-29-33-56-53(36-42)49-24-14-15-25-55(49)59(56,39-16-6-4-7-17-39)40-18-8-5-9-19-40/h4-33,36-38,51H,34-35H2,1-3H3. The molecule has 2 atom stereocenters. The van der Waals surface area contributed by atoms with Gasteiger partial charge in [-0.25, -0.2) is 0 Å². The Morgan fingerprint density at radius 1 is 0.500 bits per heavy atom. The van der Waals surface area contributed by atoms with Gasteiger partial charge in [0.15, 0.2) is 0 Å². The zero-order valence-corrected chi connectivity index (χ0v) is 34.5. The predicted octanol–water partition coefficient (Wildman–Crippen LogP) is 15.0. The molecule has 0 saturated heterocycles. The molecule has 0 heterocycles. The molecular weight excluding hydrogens is 723 g/mol. The van der Waals surface area contributed by atoms with Gasteiger partial charge in [0, 0.05) is 28.4 Å². The van der Waals surface area contributed by atoms with Crippen LogP contribution in [0.3, 0.4) is 0 Å². The monoisotopic (exact) mass is 769 g/mol. The average molecular weight is 770 g/mol. The average Bonchev–Trinajstić information content (AvgIpc) is 3.71. The molecule has 0 saturated carbocycles. The maximum Gasteiger partial charge on any atom is 0.0713 e. The van der Waals surface area contributed by atoms with Crippen molar-refractivity contribution < 1.29 is 0 Å². The van der Waals surface area contributed by atoms with E-state index in [1.807, 2.05) is 0 Å².